The first-order valence-corrected chi connectivity index (χ1v) is 9.70. The molecule has 3 amide bonds. The topological polar surface area (TPSA) is 79.0 Å². The summed E-state index contributed by atoms with van der Waals surface area (Å²) in [7, 11) is 3.36. The van der Waals surface area contributed by atoms with Crippen LogP contribution in [-0.2, 0) is 19.1 Å². The number of amides is 3. The second-order valence-electron chi connectivity index (χ2n) is 6.99. The molecule has 0 radical (unpaired) electrons. The quantitative estimate of drug-likeness (QED) is 0.538. The molecule has 1 N–H and O–H groups in total. The highest BCUT2D eigenvalue weighted by atomic mass is 16.5. The van der Waals surface area contributed by atoms with Gasteiger partial charge in [-0.25, -0.2) is 0 Å². The normalized spacial score (nSPS) is 13.8. The molecule has 1 aliphatic heterocycles. The number of imide groups is 1. The van der Waals surface area contributed by atoms with Gasteiger partial charge >= 0.3 is 0 Å². The molecule has 2 aromatic rings. The van der Waals surface area contributed by atoms with Crippen molar-refractivity contribution in [1.29, 1.82) is 0 Å². The molecule has 1 heterocycles. The molecule has 3 rings (SSSR count). The lowest BCUT2D eigenvalue weighted by Crippen LogP contribution is -2.35. The zero-order valence-corrected chi connectivity index (χ0v) is 17.3. The molecule has 2 aromatic carbocycles. The van der Waals surface area contributed by atoms with E-state index >= 15 is 0 Å². The van der Waals surface area contributed by atoms with E-state index in [0.29, 0.717) is 35.5 Å². The summed E-state index contributed by atoms with van der Waals surface area (Å²) >= 11 is 0. The molecule has 0 bridgehead atoms. The SMILES string of the molecule is COCCCN1C(=O)C(c2ccc(NC(C)=O)cc2)=C(N(C)c2ccccc2)C1=O. The molecule has 0 saturated carbocycles. The fourth-order valence-corrected chi connectivity index (χ4v) is 3.41. The number of hydrogen-bond acceptors (Lipinski definition) is 5. The molecule has 0 spiro atoms. The Balaban J connectivity index is 2.02. The molecule has 1 aliphatic rings. The molecule has 30 heavy (non-hydrogen) atoms. The number of benzene rings is 2. The van der Waals surface area contributed by atoms with Crippen molar-refractivity contribution in [3.63, 3.8) is 0 Å². The first-order valence-electron chi connectivity index (χ1n) is 9.70. The first-order chi connectivity index (χ1) is 14.4. The standard InChI is InChI=1S/C23H25N3O4/c1-16(27)24-18-12-10-17(11-13-18)20-21(25(2)19-8-5-4-6-9-19)23(29)26(22(20)28)14-7-15-30-3/h4-6,8-13H,7,14-15H2,1-3H3,(H,24,27). The van der Waals surface area contributed by atoms with Crippen LogP contribution in [0.25, 0.3) is 5.57 Å². The molecule has 0 aliphatic carbocycles. The van der Waals surface area contributed by atoms with Crippen molar-refractivity contribution in [2.75, 3.05) is 37.5 Å². The summed E-state index contributed by atoms with van der Waals surface area (Å²) in [4.78, 5) is 40.7. The summed E-state index contributed by atoms with van der Waals surface area (Å²) < 4.78 is 5.06. The van der Waals surface area contributed by atoms with E-state index in [-0.39, 0.29) is 24.3 Å². The largest absolute Gasteiger partial charge is 0.385 e. The second kappa shape index (κ2) is 9.37. The first kappa shape index (κ1) is 21.3. The van der Waals surface area contributed by atoms with E-state index in [9.17, 15) is 14.4 Å². The van der Waals surface area contributed by atoms with Gasteiger partial charge in [-0.3, -0.25) is 19.3 Å². The lowest BCUT2D eigenvalue weighted by atomic mass is 10.0. The third-order valence-electron chi connectivity index (χ3n) is 4.85. The van der Waals surface area contributed by atoms with Crippen molar-refractivity contribution in [2.24, 2.45) is 0 Å². The van der Waals surface area contributed by atoms with Crippen LogP contribution < -0.4 is 10.2 Å². The number of nitrogens with zero attached hydrogens (tertiary/aromatic N) is 2. The predicted octanol–water partition coefficient (Wildman–Crippen LogP) is 2.90. The van der Waals surface area contributed by atoms with Crippen molar-refractivity contribution in [3.8, 4) is 0 Å². The molecular weight excluding hydrogens is 382 g/mol. The zero-order chi connectivity index (χ0) is 21.7. The van der Waals surface area contributed by atoms with Crippen LogP contribution in [-0.4, -0.2) is 49.9 Å². The Kier molecular flexibility index (Phi) is 6.64. The Hall–Kier alpha value is -3.45. The monoisotopic (exact) mass is 407 g/mol. The Morgan fingerprint density at radius 3 is 2.30 bits per heavy atom. The Morgan fingerprint density at radius 2 is 1.70 bits per heavy atom. The average molecular weight is 407 g/mol. The highest BCUT2D eigenvalue weighted by Gasteiger charge is 2.40. The van der Waals surface area contributed by atoms with Gasteiger partial charge < -0.3 is 15.0 Å². The molecule has 0 aromatic heterocycles. The minimum absolute atomic E-state index is 0.178. The number of rotatable bonds is 8. The molecular formula is C23H25N3O4. The van der Waals surface area contributed by atoms with E-state index in [1.807, 2.05) is 30.3 Å². The fraction of sp³-hybridized carbons (Fsp3) is 0.261. The van der Waals surface area contributed by atoms with E-state index < -0.39 is 0 Å². The number of methoxy groups -OCH3 is 1. The van der Waals surface area contributed by atoms with Gasteiger partial charge in [-0.1, -0.05) is 30.3 Å². The van der Waals surface area contributed by atoms with Crippen LogP contribution in [0.5, 0.6) is 0 Å². The maximum absolute atomic E-state index is 13.2. The summed E-state index contributed by atoms with van der Waals surface area (Å²) in [6.07, 6.45) is 0.561. The number of likely N-dealkylation sites (N-methyl/N-ethyl adjacent to an activating group) is 1. The number of hydrogen-bond donors (Lipinski definition) is 1. The van der Waals surface area contributed by atoms with Crippen molar-refractivity contribution in [2.45, 2.75) is 13.3 Å². The number of nitrogens with one attached hydrogen (secondary N) is 1. The number of carbonyl (C=O) groups is 3. The summed E-state index contributed by atoms with van der Waals surface area (Å²) in [5.41, 5.74) is 2.72. The highest BCUT2D eigenvalue weighted by molar-refractivity contribution is 6.36. The summed E-state index contributed by atoms with van der Waals surface area (Å²) in [5, 5.41) is 2.70. The summed E-state index contributed by atoms with van der Waals surface area (Å²) in [6.45, 7) is 2.17. The zero-order valence-electron chi connectivity index (χ0n) is 17.3. The van der Waals surface area contributed by atoms with Crippen LogP contribution in [0.4, 0.5) is 11.4 Å². The van der Waals surface area contributed by atoms with E-state index in [4.69, 9.17) is 4.74 Å². The Morgan fingerprint density at radius 1 is 1.03 bits per heavy atom. The van der Waals surface area contributed by atoms with Crippen molar-refractivity contribution in [3.05, 3.63) is 65.9 Å². The minimum Gasteiger partial charge on any atom is -0.385 e. The van der Waals surface area contributed by atoms with Gasteiger partial charge in [0, 0.05) is 45.6 Å². The van der Waals surface area contributed by atoms with E-state index in [1.54, 1.807) is 43.3 Å². The lowest BCUT2D eigenvalue weighted by Gasteiger charge is -2.21. The highest BCUT2D eigenvalue weighted by Crippen LogP contribution is 2.34. The number of anilines is 2. The van der Waals surface area contributed by atoms with Gasteiger partial charge in [0.2, 0.25) is 5.91 Å². The van der Waals surface area contributed by atoms with E-state index in [1.165, 1.54) is 11.8 Å². The predicted molar refractivity (Wildman–Crippen MR) is 116 cm³/mol. The number of ether oxygens (including phenoxy) is 1. The van der Waals surface area contributed by atoms with Crippen LogP contribution in [0.3, 0.4) is 0 Å². The van der Waals surface area contributed by atoms with Crippen molar-refractivity contribution >= 4 is 34.7 Å². The minimum atomic E-state index is -0.332. The number of carbonyl (C=O) groups excluding carboxylic acids is 3. The molecule has 0 unspecified atom stereocenters. The average Bonchev–Trinajstić information content (AvgIpc) is 2.99. The van der Waals surface area contributed by atoms with Crippen LogP contribution >= 0.6 is 0 Å². The summed E-state index contributed by atoms with van der Waals surface area (Å²) in [6, 6.07) is 16.3. The van der Waals surface area contributed by atoms with Crippen LogP contribution in [0.15, 0.2) is 60.3 Å². The maximum atomic E-state index is 13.2. The van der Waals surface area contributed by atoms with Gasteiger partial charge in [0.1, 0.15) is 5.70 Å². The smallest absolute Gasteiger partial charge is 0.278 e. The van der Waals surface area contributed by atoms with Gasteiger partial charge in [-0.2, -0.15) is 0 Å². The van der Waals surface area contributed by atoms with Crippen LogP contribution in [0.2, 0.25) is 0 Å². The number of para-hydroxylation sites is 1. The molecule has 0 saturated heterocycles. The molecule has 156 valence electrons. The fourth-order valence-electron chi connectivity index (χ4n) is 3.41. The van der Waals surface area contributed by atoms with Gasteiger partial charge in [0.05, 0.1) is 5.57 Å². The molecule has 0 atom stereocenters. The summed E-state index contributed by atoms with van der Waals surface area (Å²) in [5.74, 6) is -0.840. The molecule has 0 fully saturated rings. The van der Waals surface area contributed by atoms with E-state index in [0.717, 1.165) is 5.69 Å². The van der Waals surface area contributed by atoms with Gasteiger partial charge in [0.15, 0.2) is 0 Å². The maximum Gasteiger partial charge on any atom is 0.278 e. The third kappa shape index (κ3) is 4.41. The van der Waals surface area contributed by atoms with Gasteiger partial charge in [0.25, 0.3) is 11.8 Å². The van der Waals surface area contributed by atoms with Gasteiger partial charge in [-0.15, -0.1) is 0 Å². The van der Waals surface area contributed by atoms with E-state index in [2.05, 4.69) is 5.32 Å². The van der Waals surface area contributed by atoms with Crippen LogP contribution in [0, 0.1) is 0 Å². The Labute approximate surface area is 175 Å². The van der Waals surface area contributed by atoms with Gasteiger partial charge in [-0.05, 0) is 36.2 Å². The van der Waals surface area contributed by atoms with Crippen LogP contribution in [0.1, 0.15) is 18.9 Å². The lowest BCUT2D eigenvalue weighted by molar-refractivity contribution is -0.137. The van der Waals surface area contributed by atoms with Crippen molar-refractivity contribution < 1.29 is 19.1 Å². The molecule has 7 heteroatoms. The van der Waals surface area contributed by atoms with Crippen molar-refractivity contribution in [1.82, 2.24) is 4.90 Å². The second-order valence-corrected chi connectivity index (χ2v) is 6.99. The Bertz CT molecular complexity index is 968. The third-order valence-corrected chi connectivity index (χ3v) is 4.85. The molecule has 7 nitrogen and oxygen atoms in total.